The summed E-state index contributed by atoms with van der Waals surface area (Å²) in [6, 6.07) is 7.62. The van der Waals surface area contributed by atoms with Crippen molar-refractivity contribution in [1.29, 1.82) is 5.26 Å². The lowest BCUT2D eigenvalue weighted by molar-refractivity contribution is 0.199. The van der Waals surface area contributed by atoms with E-state index in [0.29, 0.717) is 11.5 Å². The monoisotopic (exact) mass is 274 g/mol. The van der Waals surface area contributed by atoms with Crippen molar-refractivity contribution in [2.24, 2.45) is 5.92 Å². The van der Waals surface area contributed by atoms with Crippen LogP contribution in [0.1, 0.15) is 43.4 Å². The Bertz CT molecular complexity index is 492. The van der Waals surface area contributed by atoms with Crippen molar-refractivity contribution >= 4 is 5.69 Å². The normalized spacial score (nSPS) is 20.5. The molecular formula is C16H22N2O2. The zero-order valence-electron chi connectivity index (χ0n) is 11.9. The van der Waals surface area contributed by atoms with Gasteiger partial charge in [0.1, 0.15) is 0 Å². The number of anilines is 1. The van der Waals surface area contributed by atoms with E-state index in [2.05, 4.69) is 11.0 Å². The van der Waals surface area contributed by atoms with Crippen LogP contribution in [0.3, 0.4) is 0 Å². The van der Waals surface area contributed by atoms with Crippen molar-refractivity contribution < 1.29 is 10.2 Å². The summed E-state index contributed by atoms with van der Waals surface area (Å²) in [7, 11) is 0. The van der Waals surface area contributed by atoms with Crippen LogP contribution in [0.2, 0.25) is 0 Å². The summed E-state index contributed by atoms with van der Waals surface area (Å²) in [5.74, 6) is 0.487. The minimum Gasteiger partial charge on any atom is -0.396 e. The van der Waals surface area contributed by atoms with E-state index in [0.717, 1.165) is 43.6 Å². The van der Waals surface area contributed by atoms with Crippen molar-refractivity contribution in [3.63, 3.8) is 0 Å². The highest BCUT2D eigenvalue weighted by atomic mass is 16.3. The molecule has 0 aromatic heterocycles. The van der Waals surface area contributed by atoms with E-state index in [4.69, 9.17) is 10.4 Å². The Morgan fingerprint density at radius 1 is 1.50 bits per heavy atom. The number of benzene rings is 1. The van der Waals surface area contributed by atoms with Gasteiger partial charge < -0.3 is 15.1 Å². The molecule has 0 spiro atoms. The molecule has 1 aromatic carbocycles. The molecule has 108 valence electrons. The standard InChI is InChI=1S/C16H22N2O2/c1-12(20)15-5-4-14(10-17)9-16(15)18-7-2-3-13(11-18)6-8-19/h4-5,9,12-13,19-20H,2-3,6-8,11H2,1H3/t12-,13?/m0/s1. The fraction of sp³-hybridized carbons (Fsp3) is 0.562. The van der Waals surface area contributed by atoms with Gasteiger partial charge in [0.05, 0.1) is 17.7 Å². The molecule has 0 aliphatic carbocycles. The third-order valence-corrected chi connectivity index (χ3v) is 4.01. The molecule has 2 atom stereocenters. The van der Waals surface area contributed by atoms with E-state index < -0.39 is 6.10 Å². The first kappa shape index (κ1) is 14.8. The molecule has 1 saturated heterocycles. The topological polar surface area (TPSA) is 67.5 Å². The lowest BCUT2D eigenvalue weighted by atomic mass is 9.93. The fourth-order valence-electron chi connectivity index (χ4n) is 2.94. The maximum absolute atomic E-state index is 9.92. The van der Waals surface area contributed by atoms with Gasteiger partial charge in [0.25, 0.3) is 0 Å². The van der Waals surface area contributed by atoms with Gasteiger partial charge in [0, 0.05) is 30.9 Å². The van der Waals surface area contributed by atoms with Crippen LogP contribution in [0.15, 0.2) is 18.2 Å². The second kappa shape index (κ2) is 6.74. The zero-order valence-corrected chi connectivity index (χ0v) is 11.9. The molecule has 1 heterocycles. The Hall–Kier alpha value is -1.57. The maximum Gasteiger partial charge on any atom is 0.0992 e. The summed E-state index contributed by atoms with van der Waals surface area (Å²) >= 11 is 0. The SMILES string of the molecule is C[C@H](O)c1ccc(C#N)cc1N1CCCC(CCO)C1. The second-order valence-electron chi connectivity index (χ2n) is 5.53. The van der Waals surface area contributed by atoms with Crippen molar-refractivity contribution in [3.05, 3.63) is 29.3 Å². The maximum atomic E-state index is 9.92. The van der Waals surface area contributed by atoms with Crippen LogP contribution in [0.25, 0.3) is 0 Å². The summed E-state index contributed by atoms with van der Waals surface area (Å²) in [6.07, 6.45) is 2.49. The largest absolute Gasteiger partial charge is 0.396 e. The average Bonchev–Trinajstić information content (AvgIpc) is 2.47. The quantitative estimate of drug-likeness (QED) is 0.883. The van der Waals surface area contributed by atoms with E-state index in [1.807, 2.05) is 12.1 Å². The van der Waals surface area contributed by atoms with E-state index in [9.17, 15) is 5.11 Å². The van der Waals surface area contributed by atoms with E-state index >= 15 is 0 Å². The zero-order chi connectivity index (χ0) is 14.5. The summed E-state index contributed by atoms with van der Waals surface area (Å²) in [5, 5.41) is 28.1. The first-order chi connectivity index (χ1) is 9.65. The van der Waals surface area contributed by atoms with E-state index in [1.54, 1.807) is 13.0 Å². The molecular weight excluding hydrogens is 252 g/mol. The lowest BCUT2D eigenvalue weighted by Crippen LogP contribution is -2.36. The Labute approximate surface area is 120 Å². The number of hydrogen-bond acceptors (Lipinski definition) is 4. The third kappa shape index (κ3) is 3.30. The summed E-state index contributed by atoms with van der Waals surface area (Å²) in [6.45, 7) is 3.80. The van der Waals surface area contributed by atoms with Crippen LogP contribution in [0.4, 0.5) is 5.69 Å². The Kier molecular flexibility index (Phi) is 4.99. The highest BCUT2D eigenvalue weighted by molar-refractivity contribution is 5.58. The molecule has 4 nitrogen and oxygen atoms in total. The van der Waals surface area contributed by atoms with Gasteiger partial charge in [-0.2, -0.15) is 5.26 Å². The molecule has 0 radical (unpaired) electrons. The molecule has 0 amide bonds. The number of nitrogens with zero attached hydrogens (tertiary/aromatic N) is 2. The highest BCUT2D eigenvalue weighted by Gasteiger charge is 2.22. The summed E-state index contributed by atoms with van der Waals surface area (Å²) < 4.78 is 0. The molecule has 1 fully saturated rings. The van der Waals surface area contributed by atoms with Crippen LogP contribution in [0, 0.1) is 17.2 Å². The van der Waals surface area contributed by atoms with Gasteiger partial charge in [-0.3, -0.25) is 0 Å². The van der Waals surface area contributed by atoms with Crippen LogP contribution >= 0.6 is 0 Å². The van der Waals surface area contributed by atoms with E-state index in [-0.39, 0.29) is 6.61 Å². The van der Waals surface area contributed by atoms with Gasteiger partial charge in [-0.25, -0.2) is 0 Å². The van der Waals surface area contributed by atoms with Crippen molar-refractivity contribution in [1.82, 2.24) is 0 Å². The van der Waals surface area contributed by atoms with Gasteiger partial charge in [0.15, 0.2) is 0 Å². The Morgan fingerprint density at radius 3 is 2.95 bits per heavy atom. The first-order valence-corrected chi connectivity index (χ1v) is 7.23. The smallest absolute Gasteiger partial charge is 0.0992 e. The first-order valence-electron chi connectivity index (χ1n) is 7.23. The molecule has 1 unspecified atom stereocenters. The number of piperidine rings is 1. The highest BCUT2D eigenvalue weighted by Crippen LogP contribution is 2.31. The Balaban J connectivity index is 2.27. The predicted molar refractivity (Wildman–Crippen MR) is 78.4 cm³/mol. The summed E-state index contributed by atoms with van der Waals surface area (Å²) in [5.41, 5.74) is 2.45. The number of aliphatic hydroxyl groups is 2. The van der Waals surface area contributed by atoms with Gasteiger partial charge in [-0.05, 0) is 44.2 Å². The van der Waals surface area contributed by atoms with Crippen molar-refractivity contribution in [2.75, 3.05) is 24.6 Å². The molecule has 20 heavy (non-hydrogen) atoms. The predicted octanol–water partition coefficient (Wildman–Crippen LogP) is 2.21. The molecule has 1 aliphatic heterocycles. The number of hydrogen-bond donors (Lipinski definition) is 2. The molecule has 0 saturated carbocycles. The molecule has 0 bridgehead atoms. The minimum atomic E-state index is -0.545. The lowest BCUT2D eigenvalue weighted by Gasteiger charge is -2.36. The van der Waals surface area contributed by atoms with E-state index in [1.165, 1.54) is 0 Å². The average molecular weight is 274 g/mol. The number of rotatable bonds is 4. The minimum absolute atomic E-state index is 0.222. The van der Waals surface area contributed by atoms with Gasteiger partial charge >= 0.3 is 0 Å². The van der Waals surface area contributed by atoms with Gasteiger partial charge in [-0.1, -0.05) is 6.07 Å². The van der Waals surface area contributed by atoms with Crippen LogP contribution in [-0.4, -0.2) is 29.9 Å². The molecule has 4 heteroatoms. The molecule has 1 aromatic rings. The van der Waals surface area contributed by atoms with Crippen LogP contribution in [0.5, 0.6) is 0 Å². The second-order valence-corrected chi connectivity index (χ2v) is 5.53. The summed E-state index contributed by atoms with van der Waals surface area (Å²) in [4.78, 5) is 2.24. The van der Waals surface area contributed by atoms with Gasteiger partial charge in [0.2, 0.25) is 0 Å². The van der Waals surface area contributed by atoms with Crippen LogP contribution < -0.4 is 4.90 Å². The number of aliphatic hydroxyl groups excluding tert-OH is 2. The van der Waals surface area contributed by atoms with Crippen LogP contribution in [-0.2, 0) is 0 Å². The third-order valence-electron chi connectivity index (χ3n) is 4.01. The molecule has 2 N–H and O–H groups in total. The van der Waals surface area contributed by atoms with Crippen molar-refractivity contribution in [2.45, 2.75) is 32.3 Å². The molecule has 2 rings (SSSR count). The van der Waals surface area contributed by atoms with Crippen molar-refractivity contribution in [3.8, 4) is 6.07 Å². The van der Waals surface area contributed by atoms with Gasteiger partial charge in [-0.15, -0.1) is 0 Å². The number of nitriles is 1. The molecule has 1 aliphatic rings. The Morgan fingerprint density at radius 2 is 2.30 bits per heavy atom. The fourth-order valence-corrected chi connectivity index (χ4v) is 2.94.